The summed E-state index contributed by atoms with van der Waals surface area (Å²) in [5.41, 5.74) is 13.5. The monoisotopic (exact) mass is 650 g/mol. The quantitative estimate of drug-likeness (QED) is 0.186. The van der Waals surface area contributed by atoms with Crippen LogP contribution in [0.15, 0.2) is 186 Å². The predicted molar refractivity (Wildman–Crippen MR) is 213 cm³/mol. The third kappa shape index (κ3) is 4.12. The Morgan fingerprint density at radius 3 is 1.57 bits per heavy atom. The largest absolute Gasteiger partial charge is 0.456 e. The second kappa shape index (κ2) is 10.8. The Morgan fingerprint density at radius 1 is 0.333 bits per heavy atom. The summed E-state index contributed by atoms with van der Waals surface area (Å²) in [5, 5.41) is 7.17. The van der Waals surface area contributed by atoms with Crippen LogP contribution in [0, 0.1) is 0 Å². The van der Waals surface area contributed by atoms with Crippen LogP contribution in [0.4, 0.5) is 0 Å². The Bertz CT molecular complexity index is 3070. The molecule has 11 aromatic rings. The van der Waals surface area contributed by atoms with Gasteiger partial charge in [-0.3, -0.25) is 0 Å². The lowest BCUT2D eigenvalue weighted by atomic mass is 9.96. The number of furan rings is 1. The van der Waals surface area contributed by atoms with Crippen molar-refractivity contribution in [2.24, 2.45) is 0 Å². The Kier molecular flexibility index (Phi) is 5.96. The highest BCUT2D eigenvalue weighted by molar-refractivity contribution is 6.17. The van der Waals surface area contributed by atoms with Crippen molar-refractivity contribution in [1.29, 1.82) is 0 Å². The molecule has 0 fully saturated rings. The van der Waals surface area contributed by atoms with E-state index in [1.54, 1.807) is 0 Å². The lowest BCUT2D eigenvalue weighted by Gasteiger charge is -2.16. The van der Waals surface area contributed by atoms with E-state index in [2.05, 4.69) is 185 Å². The van der Waals surface area contributed by atoms with Gasteiger partial charge in [0, 0.05) is 38.2 Å². The van der Waals surface area contributed by atoms with Gasteiger partial charge in [-0.1, -0.05) is 127 Å². The van der Waals surface area contributed by atoms with Gasteiger partial charge in [-0.2, -0.15) is 0 Å². The number of aromatic nitrogens is 2. The van der Waals surface area contributed by atoms with Crippen LogP contribution in [0.2, 0.25) is 0 Å². The maximum absolute atomic E-state index is 6.52. The normalized spacial score (nSPS) is 11.9. The highest BCUT2D eigenvalue weighted by atomic mass is 16.3. The molecule has 11 rings (SSSR count). The van der Waals surface area contributed by atoms with E-state index in [0.717, 1.165) is 55.5 Å². The van der Waals surface area contributed by atoms with Crippen molar-refractivity contribution in [3.63, 3.8) is 0 Å². The van der Waals surface area contributed by atoms with Crippen LogP contribution in [0.5, 0.6) is 0 Å². The van der Waals surface area contributed by atoms with Gasteiger partial charge in [-0.25, -0.2) is 0 Å². The molecular weight excluding hydrogens is 621 g/mol. The van der Waals surface area contributed by atoms with Gasteiger partial charge >= 0.3 is 0 Å². The standard InChI is InChI=1S/C48H30N2O/c1-2-12-31(13-3-1)32-22-24-33(25-23-32)35-27-29-46-47(39-17-7-11-21-45(39)51-46)48(35)50-43-20-10-6-16-38(43)40-30-34(26-28-44(40)50)49-41-18-8-4-14-36(41)37-15-5-9-19-42(37)49/h1-30H. The highest BCUT2D eigenvalue weighted by Gasteiger charge is 2.22. The fourth-order valence-corrected chi connectivity index (χ4v) is 8.28. The molecule has 0 N–H and O–H groups in total. The molecular formula is C48H30N2O. The number of para-hydroxylation sites is 4. The van der Waals surface area contributed by atoms with Crippen molar-refractivity contribution in [3.8, 4) is 33.6 Å². The van der Waals surface area contributed by atoms with Crippen molar-refractivity contribution < 1.29 is 4.42 Å². The van der Waals surface area contributed by atoms with Crippen molar-refractivity contribution in [2.75, 3.05) is 0 Å². The summed E-state index contributed by atoms with van der Waals surface area (Å²) < 4.78 is 11.4. The summed E-state index contributed by atoms with van der Waals surface area (Å²) in [5.74, 6) is 0. The maximum Gasteiger partial charge on any atom is 0.137 e. The zero-order chi connectivity index (χ0) is 33.5. The molecule has 0 aliphatic rings. The van der Waals surface area contributed by atoms with Crippen LogP contribution in [0.1, 0.15) is 0 Å². The molecule has 51 heavy (non-hydrogen) atoms. The molecule has 0 bridgehead atoms. The van der Waals surface area contributed by atoms with Crippen molar-refractivity contribution >= 4 is 65.6 Å². The Morgan fingerprint density at radius 2 is 0.863 bits per heavy atom. The van der Waals surface area contributed by atoms with Gasteiger partial charge in [0.2, 0.25) is 0 Å². The molecule has 0 radical (unpaired) electrons. The lowest BCUT2D eigenvalue weighted by molar-refractivity contribution is 0.669. The van der Waals surface area contributed by atoms with Crippen LogP contribution in [0.3, 0.4) is 0 Å². The van der Waals surface area contributed by atoms with Gasteiger partial charge in [0.25, 0.3) is 0 Å². The van der Waals surface area contributed by atoms with E-state index in [4.69, 9.17) is 4.42 Å². The Hall–Kier alpha value is -6.84. The first-order valence-electron chi connectivity index (χ1n) is 17.4. The zero-order valence-electron chi connectivity index (χ0n) is 27.6. The summed E-state index contributed by atoms with van der Waals surface area (Å²) in [4.78, 5) is 0. The Balaban J connectivity index is 1.22. The van der Waals surface area contributed by atoms with E-state index in [-0.39, 0.29) is 0 Å². The first-order chi connectivity index (χ1) is 25.3. The molecule has 8 aromatic carbocycles. The molecule has 3 heterocycles. The molecule has 0 spiro atoms. The number of hydrogen-bond donors (Lipinski definition) is 0. The zero-order valence-corrected chi connectivity index (χ0v) is 27.6. The number of nitrogens with zero attached hydrogens (tertiary/aromatic N) is 2. The fraction of sp³-hybridized carbons (Fsp3) is 0. The van der Waals surface area contributed by atoms with Gasteiger partial charge in [0.05, 0.1) is 33.1 Å². The average molecular weight is 651 g/mol. The minimum Gasteiger partial charge on any atom is -0.456 e. The molecule has 0 amide bonds. The molecule has 0 atom stereocenters. The van der Waals surface area contributed by atoms with E-state index in [0.29, 0.717) is 0 Å². The summed E-state index contributed by atoms with van der Waals surface area (Å²) in [6.45, 7) is 0. The molecule has 0 saturated heterocycles. The smallest absolute Gasteiger partial charge is 0.137 e. The SMILES string of the molecule is c1ccc(-c2ccc(-c3ccc4oc5ccccc5c4c3-n3c4ccccc4c4cc(-n5c6ccccc6c6ccccc65)ccc43)cc2)cc1. The summed E-state index contributed by atoms with van der Waals surface area (Å²) in [6, 6.07) is 65.5. The number of rotatable bonds is 4. The second-order valence-electron chi connectivity index (χ2n) is 13.3. The molecule has 0 saturated carbocycles. The van der Waals surface area contributed by atoms with Crippen LogP contribution >= 0.6 is 0 Å². The predicted octanol–water partition coefficient (Wildman–Crippen LogP) is 13.1. The summed E-state index contributed by atoms with van der Waals surface area (Å²) in [7, 11) is 0. The van der Waals surface area contributed by atoms with E-state index in [1.807, 2.05) is 6.07 Å². The van der Waals surface area contributed by atoms with Crippen LogP contribution in [0.25, 0.3) is 99.2 Å². The number of fused-ring (bicyclic) bond motifs is 9. The minimum absolute atomic E-state index is 0.878. The van der Waals surface area contributed by atoms with Gasteiger partial charge in [0.15, 0.2) is 0 Å². The molecule has 3 nitrogen and oxygen atoms in total. The summed E-state index contributed by atoms with van der Waals surface area (Å²) in [6.07, 6.45) is 0. The lowest BCUT2D eigenvalue weighted by Crippen LogP contribution is -1.99. The number of hydrogen-bond acceptors (Lipinski definition) is 1. The molecule has 238 valence electrons. The van der Waals surface area contributed by atoms with Gasteiger partial charge < -0.3 is 13.6 Å². The van der Waals surface area contributed by atoms with Crippen LogP contribution < -0.4 is 0 Å². The van der Waals surface area contributed by atoms with E-state index < -0.39 is 0 Å². The van der Waals surface area contributed by atoms with Crippen LogP contribution in [-0.4, -0.2) is 9.13 Å². The van der Waals surface area contributed by atoms with E-state index in [9.17, 15) is 0 Å². The first kappa shape index (κ1) is 28.0. The summed E-state index contributed by atoms with van der Waals surface area (Å²) >= 11 is 0. The van der Waals surface area contributed by atoms with Crippen molar-refractivity contribution in [2.45, 2.75) is 0 Å². The third-order valence-corrected chi connectivity index (χ3v) is 10.5. The molecule has 3 heteroatoms. The second-order valence-corrected chi connectivity index (χ2v) is 13.3. The number of benzene rings is 8. The highest BCUT2D eigenvalue weighted by Crippen LogP contribution is 2.44. The van der Waals surface area contributed by atoms with E-state index in [1.165, 1.54) is 43.7 Å². The third-order valence-electron chi connectivity index (χ3n) is 10.5. The van der Waals surface area contributed by atoms with Gasteiger partial charge in [0.1, 0.15) is 11.2 Å². The molecule has 0 aliphatic carbocycles. The van der Waals surface area contributed by atoms with Gasteiger partial charge in [-0.05, 0) is 71.3 Å². The molecule has 0 aliphatic heterocycles. The van der Waals surface area contributed by atoms with Gasteiger partial charge in [-0.15, -0.1) is 0 Å². The Labute approximate surface area is 293 Å². The molecule has 0 unspecified atom stereocenters. The van der Waals surface area contributed by atoms with Crippen molar-refractivity contribution in [1.82, 2.24) is 9.13 Å². The first-order valence-corrected chi connectivity index (χ1v) is 17.4. The van der Waals surface area contributed by atoms with E-state index >= 15 is 0 Å². The topological polar surface area (TPSA) is 23.0 Å². The average Bonchev–Trinajstić information content (AvgIpc) is 3.86. The van der Waals surface area contributed by atoms with Crippen LogP contribution in [-0.2, 0) is 0 Å². The van der Waals surface area contributed by atoms with Crippen molar-refractivity contribution in [3.05, 3.63) is 182 Å². The maximum atomic E-state index is 6.52. The fourth-order valence-electron chi connectivity index (χ4n) is 8.28. The molecule has 3 aromatic heterocycles. The minimum atomic E-state index is 0.878.